The van der Waals surface area contributed by atoms with E-state index in [4.69, 9.17) is 18.9 Å². The molecule has 0 aromatic heterocycles. The summed E-state index contributed by atoms with van der Waals surface area (Å²) in [5, 5.41) is 9.73. The molecule has 0 saturated carbocycles. The van der Waals surface area contributed by atoms with Crippen LogP contribution in [0.3, 0.4) is 0 Å². The maximum absolute atomic E-state index is 12.9. The van der Waals surface area contributed by atoms with Gasteiger partial charge in [0.1, 0.15) is 13.2 Å². The number of nitrogens with zero attached hydrogens (tertiary/aromatic N) is 1. The van der Waals surface area contributed by atoms with Crippen LogP contribution in [0.15, 0.2) is 134 Å². The summed E-state index contributed by atoms with van der Waals surface area (Å²) in [6.45, 7) is 4.76. The van der Waals surface area contributed by atoms with Crippen LogP contribution in [0.2, 0.25) is 0 Å². The molecule has 0 aromatic rings. The molecule has 0 heterocycles. The minimum Gasteiger partial charge on any atom is -0.477 e. The minimum atomic E-state index is -1.52. The Labute approximate surface area is 516 Å². The van der Waals surface area contributed by atoms with E-state index in [0.717, 1.165) is 116 Å². The van der Waals surface area contributed by atoms with Crippen molar-refractivity contribution in [1.29, 1.82) is 0 Å². The number of hydrogen-bond acceptors (Lipinski definition) is 7. The molecule has 0 aromatic carbocycles. The van der Waals surface area contributed by atoms with Gasteiger partial charge < -0.3 is 28.5 Å². The Morgan fingerprint density at radius 3 is 1.01 bits per heavy atom. The maximum atomic E-state index is 12.9. The van der Waals surface area contributed by atoms with Gasteiger partial charge >= 0.3 is 17.9 Å². The SMILES string of the molecule is CC/C=C\C/C=C\C/C=C\C/C=C\C/C=C\C/C=C\C/C=C\C/C=C\C/C=C\C/C=C\C/C=C\CCCCCCCCCC(=O)OC(COC(=O)CCCCCCCCCCCCCCCCCCCC)COC(OCC[N+](C)(C)C)C(=O)O. The predicted molar refractivity (Wildman–Crippen MR) is 359 cm³/mol. The van der Waals surface area contributed by atoms with Crippen molar-refractivity contribution in [3.8, 4) is 0 Å². The molecule has 0 aliphatic carbocycles. The molecule has 9 nitrogen and oxygen atoms in total. The third-order valence-electron chi connectivity index (χ3n) is 14.2. The average Bonchev–Trinajstić information content (AvgIpc) is 3.52. The molecule has 0 fully saturated rings. The first-order valence-corrected chi connectivity index (χ1v) is 33.8. The lowest BCUT2D eigenvalue weighted by Gasteiger charge is -2.25. The number of carbonyl (C=O) groups is 3. The van der Waals surface area contributed by atoms with Crippen LogP contribution >= 0.6 is 0 Å². The van der Waals surface area contributed by atoms with Gasteiger partial charge in [0.25, 0.3) is 6.29 Å². The summed E-state index contributed by atoms with van der Waals surface area (Å²) in [6.07, 6.45) is 89.8. The fourth-order valence-corrected chi connectivity index (χ4v) is 9.02. The summed E-state index contributed by atoms with van der Waals surface area (Å²) in [5.41, 5.74) is 0. The van der Waals surface area contributed by atoms with Crippen molar-refractivity contribution in [2.75, 3.05) is 47.5 Å². The smallest absolute Gasteiger partial charge is 0.361 e. The first-order valence-electron chi connectivity index (χ1n) is 33.8. The van der Waals surface area contributed by atoms with Gasteiger partial charge in [0, 0.05) is 12.8 Å². The second-order valence-corrected chi connectivity index (χ2v) is 23.4. The fraction of sp³-hybridized carbons (Fsp3) is 0.667. The Hall–Kier alpha value is -4.57. The van der Waals surface area contributed by atoms with Gasteiger partial charge in [-0.2, -0.15) is 0 Å². The largest absolute Gasteiger partial charge is 0.477 e. The van der Waals surface area contributed by atoms with E-state index in [1.54, 1.807) is 0 Å². The lowest BCUT2D eigenvalue weighted by Crippen LogP contribution is -2.40. The summed E-state index contributed by atoms with van der Waals surface area (Å²) in [5.74, 6) is -2.02. The molecule has 0 saturated heterocycles. The van der Waals surface area contributed by atoms with Crippen molar-refractivity contribution in [3.05, 3.63) is 134 Å². The van der Waals surface area contributed by atoms with Crippen molar-refractivity contribution in [3.63, 3.8) is 0 Å². The zero-order chi connectivity index (χ0) is 61.2. The highest BCUT2D eigenvalue weighted by atomic mass is 16.7. The summed E-state index contributed by atoms with van der Waals surface area (Å²) in [7, 11) is 5.96. The highest BCUT2D eigenvalue weighted by molar-refractivity contribution is 5.71. The Morgan fingerprint density at radius 1 is 0.369 bits per heavy atom. The highest BCUT2D eigenvalue weighted by Crippen LogP contribution is 2.16. The van der Waals surface area contributed by atoms with E-state index in [-0.39, 0.29) is 32.2 Å². The molecule has 9 heteroatoms. The van der Waals surface area contributed by atoms with Gasteiger partial charge in [-0.3, -0.25) is 9.59 Å². The summed E-state index contributed by atoms with van der Waals surface area (Å²) >= 11 is 0. The molecule has 2 atom stereocenters. The van der Waals surface area contributed by atoms with Crippen molar-refractivity contribution in [2.24, 2.45) is 0 Å². The monoisotopic (exact) mass is 1170 g/mol. The van der Waals surface area contributed by atoms with Crippen molar-refractivity contribution < 1.29 is 42.9 Å². The Balaban J connectivity index is 4.18. The van der Waals surface area contributed by atoms with Gasteiger partial charge in [0.15, 0.2) is 6.10 Å². The van der Waals surface area contributed by atoms with Crippen LogP contribution in [0, 0.1) is 0 Å². The first kappa shape index (κ1) is 79.4. The molecule has 84 heavy (non-hydrogen) atoms. The van der Waals surface area contributed by atoms with E-state index in [2.05, 4.69) is 148 Å². The number of unbranched alkanes of at least 4 members (excludes halogenated alkanes) is 24. The standard InChI is InChI=1S/C75H125NO8/c1-6-8-10-12-14-16-18-20-22-24-26-27-28-29-30-31-32-33-34-35-36-37-38-39-40-41-42-43-44-45-46-47-48-50-52-54-56-58-60-62-64-66-73(78)84-71(70-83-75(74(79)80)81-68-67-76(3,4)5)69-82-72(77)65-63-61-59-57-55-53-51-49-25-23-21-19-17-15-13-11-9-7-2/h8,10,14,16,20,22,26-27,29-30,32-33,35-36,38-39,41-42,44-45,47-48,71,75H,6-7,9,11-13,15,17-19,21,23-25,28,31,34,37,40,43,46,49-70H2,1-5H3/p+1/b10-8-,16-14-,22-20-,27-26-,30-29-,33-32-,36-35-,39-38-,42-41-,45-44-,48-47-. The van der Waals surface area contributed by atoms with E-state index in [9.17, 15) is 19.5 Å². The second kappa shape index (κ2) is 64.4. The zero-order valence-electron chi connectivity index (χ0n) is 54.5. The number of quaternary nitrogens is 1. The lowest BCUT2D eigenvalue weighted by molar-refractivity contribution is -0.870. The molecule has 1 N–H and O–H groups in total. The Kier molecular flexibility index (Phi) is 60.9. The summed E-state index contributed by atoms with van der Waals surface area (Å²) < 4.78 is 22.9. The van der Waals surface area contributed by atoms with Gasteiger partial charge in [-0.1, -0.05) is 289 Å². The molecular weight excluding hydrogens is 1040 g/mol. The normalized spacial score (nSPS) is 13.6. The molecule has 0 radical (unpaired) electrons. The zero-order valence-corrected chi connectivity index (χ0v) is 54.5. The highest BCUT2D eigenvalue weighted by Gasteiger charge is 2.25. The number of carboxylic acid groups (broad SMARTS) is 1. The average molecular weight is 1170 g/mol. The number of rotatable bonds is 61. The van der Waals surface area contributed by atoms with Crippen LogP contribution in [0.4, 0.5) is 0 Å². The number of hydrogen-bond donors (Lipinski definition) is 1. The molecule has 0 spiro atoms. The van der Waals surface area contributed by atoms with Crippen molar-refractivity contribution >= 4 is 17.9 Å². The van der Waals surface area contributed by atoms with E-state index in [0.29, 0.717) is 23.9 Å². The second-order valence-electron chi connectivity index (χ2n) is 23.4. The van der Waals surface area contributed by atoms with E-state index >= 15 is 0 Å². The molecule has 478 valence electrons. The number of esters is 2. The van der Waals surface area contributed by atoms with Gasteiger partial charge in [-0.15, -0.1) is 0 Å². The number of carboxylic acids is 1. The molecule has 0 rings (SSSR count). The van der Waals surface area contributed by atoms with Crippen LogP contribution in [0.5, 0.6) is 0 Å². The minimum absolute atomic E-state index is 0.181. The first-order chi connectivity index (χ1) is 41.1. The van der Waals surface area contributed by atoms with Gasteiger partial charge in [0.2, 0.25) is 0 Å². The summed E-state index contributed by atoms with van der Waals surface area (Å²) in [6, 6.07) is 0. The van der Waals surface area contributed by atoms with E-state index < -0.39 is 24.3 Å². The third kappa shape index (κ3) is 65.0. The number of carbonyl (C=O) groups excluding carboxylic acids is 2. The Bertz CT molecular complexity index is 1840. The van der Waals surface area contributed by atoms with Crippen LogP contribution in [0.1, 0.15) is 264 Å². The van der Waals surface area contributed by atoms with E-state index in [1.807, 2.05) is 21.1 Å². The lowest BCUT2D eigenvalue weighted by atomic mass is 10.0. The van der Waals surface area contributed by atoms with Crippen LogP contribution in [-0.4, -0.2) is 87.4 Å². The molecule has 0 bridgehead atoms. The third-order valence-corrected chi connectivity index (χ3v) is 14.2. The Morgan fingerprint density at radius 2 is 0.679 bits per heavy atom. The molecule has 0 aliphatic rings. The topological polar surface area (TPSA) is 108 Å². The van der Waals surface area contributed by atoms with Gasteiger partial charge in [0.05, 0.1) is 34.4 Å². The predicted octanol–water partition coefficient (Wildman–Crippen LogP) is 21.0. The number of likely N-dealkylation sites (N-methyl/N-ethyl adjacent to an activating group) is 1. The molecule has 2 unspecified atom stereocenters. The van der Waals surface area contributed by atoms with Crippen LogP contribution in [0.25, 0.3) is 0 Å². The fourth-order valence-electron chi connectivity index (χ4n) is 9.02. The number of ether oxygens (including phenoxy) is 4. The van der Waals surface area contributed by atoms with E-state index in [1.165, 1.54) is 116 Å². The van der Waals surface area contributed by atoms with Gasteiger partial charge in [-0.05, 0) is 96.3 Å². The number of allylic oxidation sites excluding steroid dienone is 22. The molecular formula is C75H126NO8+. The van der Waals surface area contributed by atoms with Crippen LogP contribution < -0.4 is 0 Å². The molecule has 0 amide bonds. The van der Waals surface area contributed by atoms with Crippen LogP contribution in [-0.2, 0) is 33.3 Å². The maximum Gasteiger partial charge on any atom is 0.361 e. The quantitative estimate of drug-likeness (QED) is 0.0211. The van der Waals surface area contributed by atoms with Crippen molar-refractivity contribution in [1.82, 2.24) is 0 Å². The molecule has 0 aliphatic heterocycles. The number of aliphatic carboxylic acids is 1. The van der Waals surface area contributed by atoms with Gasteiger partial charge in [-0.25, -0.2) is 4.79 Å². The van der Waals surface area contributed by atoms with Crippen molar-refractivity contribution in [2.45, 2.75) is 277 Å². The summed E-state index contributed by atoms with van der Waals surface area (Å²) in [4.78, 5) is 37.5.